The van der Waals surface area contributed by atoms with E-state index < -0.39 is 0 Å². The summed E-state index contributed by atoms with van der Waals surface area (Å²) >= 11 is 0. The van der Waals surface area contributed by atoms with Gasteiger partial charge in [0.05, 0.1) is 25.5 Å². The highest BCUT2D eigenvalue weighted by Gasteiger charge is 2.20. The fourth-order valence-corrected chi connectivity index (χ4v) is 3.02. The molecule has 0 atom stereocenters. The molecule has 0 unspecified atom stereocenters. The molecule has 2 amide bonds. The van der Waals surface area contributed by atoms with Gasteiger partial charge < -0.3 is 19.9 Å². The second-order valence-electron chi connectivity index (χ2n) is 6.41. The number of pyridine rings is 1. The van der Waals surface area contributed by atoms with Crippen molar-refractivity contribution in [3.05, 3.63) is 23.9 Å². The number of ether oxygens (including phenoxy) is 1. The number of rotatable bonds is 3. The van der Waals surface area contributed by atoms with Crippen molar-refractivity contribution in [1.82, 2.24) is 15.2 Å². The Bertz CT molecular complexity index is 523. The van der Waals surface area contributed by atoms with Crippen molar-refractivity contribution < 1.29 is 9.53 Å². The Morgan fingerprint density at radius 1 is 1.26 bits per heavy atom. The predicted molar refractivity (Wildman–Crippen MR) is 89.5 cm³/mol. The third-order valence-corrected chi connectivity index (χ3v) is 4.62. The Balaban J connectivity index is 1.52. The summed E-state index contributed by atoms with van der Waals surface area (Å²) in [7, 11) is 0. The van der Waals surface area contributed by atoms with Gasteiger partial charge in [-0.1, -0.05) is 13.0 Å². The Kier molecular flexibility index (Phi) is 5.33. The van der Waals surface area contributed by atoms with Gasteiger partial charge in [-0.3, -0.25) is 0 Å². The molecule has 0 spiro atoms. The van der Waals surface area contributed by atoms with Crippen LogP contribution in [0.5, 0.6) is 0 Å². The number of amides is 2. The van der Waals surface area contributed by atoms with E-state index >= 15 is 0 Å². The molecule has 126 valence electrons. The molecule has 0 bridgehead atoms. The first-order valence-electron chi connectivity index (χ1n) is 8.54. The summed E-state index contributed by atoms with van der Waals surface area (Å²) in [6.45, 7) is 7.66. The average molecular weight is 318 g/mol. The van der Waals surface area contributed by atoms with Crippen molar-refractivity contribution in [2.24, 2.45) is 5.92 Å². The third kappa shape index (κ3) is 4.34. The van der Waals surface area contributed by atoms with Crippen LogP contribution in [0.25, 0.3) is 0 Å². The van der Waals surface area contributed by atoms with Gasteiger partial charge in [-0.2, -0.15) is 0 Å². The van der Waals surface area contributed by atoms with Crippen molar-refractivity contribution in [1.29, 1.82) is 0 Å². The highest BCUT2D eigenvalue weighted by molar-refractivity contribution is 5.74. The first kappa shape index (κ1) is 16.1. The molecule has 6 nitrogen and oxygen atoms in total. The van der Waals surface area contributed by atoms with E-state index in [0.29, 0.717) is 6.54 Å². The first-order chi connectivity index (χ1) is 11.2. The Labute approximate surface area is 137 Å². The van der Waals surface area contributed by atoms with Gasteiger partial charge in [-0.05, 0) is 30.9 Å². The monoisotopic (exact) mass is 318 g/mol. The largest absolute Gasteiger partial charge is 0.378 e. The zero-order valence-electron chi connectivity index (χ0n) is 13.8. The molecule has 2 aliphatic rings. The van der Waals surface area contributed by atoms with Crippen LogP contribution < -0.4 is 10.2 Å². The number of anilines is 1. The molecule has 0 aliphatic carbocycles. The number of hydrogen-bond donors (Lipinski definition) is 1. The molecule has 0 radical (unpaired) electrons. The number of hydrogen-bond acceptors (Lipinski definition) is 4. The second-order valence-corrected chi connectivity index (χ2v) is 6.41. The van der Waals surface area contributed by atoms with E-state index in [4.69, 9.17) is 4.74 Å². The number of aromatic nitrogens is 1. The lowest BCUT2D eigenvalue weighted by molar-refractivity contribution is 0.122. The number of morpholine rings is 1. The van der Waals surface area contributed by atoms with Gasteiger partial charge in [0.25, 0.3) is 0 Å². The zero-order chi connectivity index (χ0) is 16.1. The molecule has 1 aromatic heterocycles. The van der Waals surface area contributed by atoms with Gasteiger partial charge in [0.1, 0.15) is 5.82 Å². The van der Waals surface area contributed by atoms with Crippen molar-refractivity contribution in [3.63, 3.8) is 0 Å². The predicted octanol–water partition coefficient (Wildman–Crippen LogP) is 1.86. The molecule has 2 fully saturated rings. The van der Waals surface area contributed by atoms with E-state index in [1.54, 1.807) is 0 Å². The average Bonchev–Trinajstić information content (AvgIpc) is 2.61. The SMILES string of the molecule is CC1CCN(C(=O)NCc2cccc(N3CCOCC3)n2)CC1. The summed E-state index contributed by atoms with van der Waals surface area (Å²) < 4.78 is 5.37. The summed E-state index contributed by atoms with van der Waals surface area (Å²) in [5.74, 6) is 1.69. The number of likely N-dealkylation sites (tertiary alicyclic amines) is 1. The summed E-state index contributed by atoms with van der Waals surface area (Å²) in [6.07, 6.45) is 2.19. The summed E-state index contributed by atoms with van der Waals surface area (Å²) in [4.78, 5) is 21.0. The minimum Gasteiger partial charge on any atom is -0.378 e. The zero-order valence-corrected chi connectivity index (χ0v) is 13.8. The van der Waals surface area contributed by atoms with Gasteiger partial charge in [0.2, 0.25) is 0 Å². The van der Waals surface area contributed by atoms with Crippen molar-refractivity contribution >= 4 is 11.8 Å². The van der Waals surface area contributed by atoms with Crippen LogP contribution in [0.3, 0.4) is 0 Å². The minimum atomic E-state index is 0.0236. The van der Waals surface area contributed by atoms with E-state index in [1.165, 1.54) is 0 Å². The molecule has 1 aromatic rings. The molecule has 0 aromatic carbocycles. The van der Waals surface area contributed by atoms with Crippen molar-refractivity contribution in [3.8, 4) is 0 Å². The van der Waals surface area contributed by atoms with Crippen LogP contribution in [0.15, 0.2) is 18.2 Å². The van der Waals surface area contributed by atoms with Gasteiger partial charge in [0, 0.05) is 26.2 Å². The summed E-state index contributed by atoms with van der Waals surface area (Å²) in [5.41, 5.74) is 0.896. The van der Waals surface area contributed by atoms with Crippen LogP contribution in [0.1, 0.15) is 25.5 Å². The number of carbonyl (C=O) groups excluding carboxylic acids is 1. The lowest BCUT2D eigenvalue weighted by Gasteiger charge is -2.30. The molecule has 0 saturated carbocycles. The van der Waals surface area contributed by atoms with Gasteiger partial charge >= 0.3 is 6.03 Å². The van der Waals surface area contributed by atoms with E-state index in [9.17, 15) is 4.79 Å². The topological polar surface area (TPSA) is 57.7 Å². The lowest BCUT2D eigenvalue weighted by atomic mass is 10.00. The molecule has 1 N–H and O–H groups in total. The van der Waals surface area contributed by atoms with Gasteiger partial charge in [-0.15, -0.1) is 0 Å². The number of piperidine rings is 1. The summed E-state index contributed by atoms with van der Waals surface area (Å²) in [6, 6.07) is 6.00. The second kappa shape index (κ2) is 7.64. The van der Waals surface area contributed by atoms with Crippen LogP contribution in [0, 0.1) is 5.92 Å². The van der Waals surface area contributed by atoms with Crippen molar-refractivity contribution in [2.45, 2.75) is 26.3 Å². The maximum Gasteiger partial charge on any atom is 0.317 e. The summed E-state index contributed by atoms with van der Waals surface area (Å²) in [5, 5.41) is 2.99. The third-order valence-electron chi connectivity index (χ3n) is 4.62. The van der Waals surface area contributed by atoms with E-state index in [1.807, 2.05) is 23.1 Å². The number of nitrogens with one attached hydrogen (secondary N) is 1. The van der Waals surface area contributed by atoms with Crippen molar-refractivity contribution in [2.75, 3.05) is 44.3 Å². The smallest absolute Gasteiger partial charge is 0.317 e. The van der Waals surface area contributed by atoms with E-state index in [0.717, 1.165) is 69.7 Å². The van der Waals surface area contributed by atoms with E-state index in [2.05, 4.69) is 22.1 Å². The van der Waals surface area contributed by atoms with E-state index in [-0.39, 0.29) is 6.03 Å². The van der Waals surface area contributed by atoms with Crippen LogP contribution >= 0.6 is 0 Å². The quantitative estimate of drug-likeness (QED) is 0.924. The fourth-order valence-electron chi connectivity index (χ4n) is 3.02. The highest BCUT2D eigenvalue weighted by Crippen LogP contribution is 2.16. The molecule has 2 saturated heterocycles. The maximum absolute atomic E-state index is 12.2. The van der Waals surface area contributed by atoms with Gasteiger partial charge in [-0.25, -0.2) is 9.78 Å². The molecular formula is C17H26N4O2. The standard InChI is InChI=1S/C17H26N4O2/c1-14-5-7-21(8-6-14)17(22)18-13-15-3-2-4-16(19-15)20-9-11-23-12-10-20/h2-4,14H,5-13H2,1H3,(H,18,22). The Morgan fingerprint density at radius 3 is 2.74 bits per heavy atom. The normalized spacial score (nSPS) is 19.7. The number of urea groups is 1. The van der Waals surface area contributed by atoms with Crippen LogP contribution in [0.2, 0.25) is 0 Å². The van der Waals surface area contributed by atoms with Crippen LogP contribution in [-0.2, 0) is 11.3 Å². The Hall–Kier alpha value is -1.82. The lowest BCUT2D eigenvalue weighted by Crippen LogP contribution is -2.44. The van der Waals surface area contributed by atoms with Gasteiger partial charge in [0.15, 0.2) is 0 Å². The molecule has 23 heavy (non-hydrogen) atoms. The van der Waals surface area contributed by atoms with Crippen LogP contribution in [0.4, 0.5) is 10.6 Å². The molecule has 2 aliphatic heterocycles. The minimum absolute atomic E-state index is 0.0236. The maximum atomic E-state index is 12.2. The fraction of sp³-hybridized carbons (Fsp3) is 0.647. The first-order valence-corrected chi connectivity index (χ1v) is 8.54. The molecule has 3 rings (SSSR count). The number of nitrogens with zero attached hydrogens (tertiary/aromatic N) is 3. The Morgan fingerprint density at radius 2 is 2.00 bits per heavy atom. The van der Waals surface area contributed by atoms with Crippen LogP contribution in [-0.4, -0.2) is 55.3 Å². The molecular weight excluding hydrogens is 292 g/mol. The highest BCUT2D eigenvalue weighted by atomic mass is 16.5. The molecule has 3 heterocycles. The number of carbonyl (C=O) groups is 1. The molecule has 6 heteroatoms.